The molecule has 7 nitrogen and oxygen atoms in total. The normalized spacial score (nSPS) is 16.3. The highest BCUT2D eigenvalue weighted by molar-refractivity contribution is 7.93. The fraction of sp³-hybridized carbons (Fsp3) is 0.444. The maximum Gasteiger partial charge on any atom is 0.422 e. The zero-order chi connectivity index (χ0) is 22.1. The number of rotatable bonds is 5. The number of hydrogen-bond acceptors (Lipinski definition) is 6. The quantitative estimate of drug-likeness (QED) is 0.667. The molecular weight excluding hydrogens is 447 g/mol. The van der Waals surface area contributed by atoms with Gasteiger partial charge in [-0.1, -0.05) is 18.0 Å². The molecule has 0 bridgehead atoms. The van der Waals surface area contributed by atoms with Gasteiger partial charge in [-0.05, 0) is 25.0 Å². The lowest BCUT2D eigenvalue weighted by Crippen LogP contribution is -2.19. The number of hydrogen-bond donors (Lipinski definition) is 1. The number of ether oxygens (including phenoxy) is 1. The number of alkyl halides is 3. The summed E-state index contributed by atoms with van der Waals surface area (Å²) in [4.78, 5) is 12.8. The molecule has 0 radical (unpaired) electrons. The second-order valence-corrected chi connectivity index (χ2v) is 9.77. The molecule has 1 N–H and O–H groups in total. The molecule has 0 saturated carbocycles. The summed E-state index contributed by atoms with van der Waals surface area (Å²) < 4.78 is 61.1. The summed E-state index contributed by atoms with van der Waals surface area (Å²) in [5.41, 5.74) is -0.532. The smallest absolute Gasteiger partial charge is 0.422 e. The van der Waals surface area contributed by atoms with Crippen LogP contribution in [0.3, 0.4) is 0 Å². The predicted molar refractivity (Wildman–Crippen MR) is 105 cm³/mol. The van der Waals surface area contributed by atoms with E-state index in [4.69, 9.17) is 16.3 Å². The summed E-state index contributed by atoms with van der Waals surface area (Å²) in [6, 6.07) is 2.30. The Balaban J connectivity index is 2.11. The van der Waals surface area contributed by atoms with Crippen molar-refractivity contribution in [1.29, 1.82) is 0 Å². The van der Waals surface area contributed by atoms with Crippen LogP contribution in [0.4, 0.5) is 18.9 Å². The van der Waals surface area contributed by atoms with Gasteiger partial charge in [0.2, 0.25) is 11.7 Å². The van der Waals surface area contributed by atoms with Gasteiger partial charge in [0.15, 0.2) is 6.61 Å². The topological polar surface area (TPSA) is 93.8 Å². The summed E-state index contributed by atoms with van der Waals surface area (Å²) >= 11 is 6.34. The number of aromatic nitrogens is 2. The zero-order valence-corrected chi connectivity index (χ0v) is 17.5. The average molecular weight is 466 g/mol. The maximum atomic E-state index is 13.0. The first kappa shape index (κ1) is 22.4. The van der Waals surface area contributed by atoms with Crippen molar-refractivity contribution in [3.63, 3.8) is 0 Å². The van der Waals surface area contributed by atoms with Crippen molar-refractivity contribution in [2.24, 2.45) is 11.4 Å². The van der Waals surface area contributed by atoms with E-state index in [1.807, 2.05) is 0 Å². The molecule has 2 aromatic rings. The summed E-state index contributed by atoms with van der Waals surface area (Å²) in [6.07, 6.45) is -1.24. The molecule has 1 fully saturated rings. The van der Waals surface area contributed by atoms with Gasteiger partial charge < -0.3 is 9.84 Å². The molecule has 0 spiro atoms. The highest BCUT2D eigenvalue weighted by Gasteiger charge is 2.30. The first-order valence-corrected chi connectivity index (χ1v) is 11.2. The minimum atomic E-state index is -4.60. The Hall–Kier alpha value is -2.27. The van der Waals surface area contributed by atoms with Crippen LogP contribution in [0.1, 0.15) is 35.2 Å². The lowest BCUT2D eigenvalue weighted by molar-refractivity contribution is -0.153. The van der Waals surface area contributed by atoms with Crippen LogP contribution in [0.5, 0.6) is 11.6 Å². The van der Waals surface area contributed by atoms with Crippen molar-refractivity contribution >= 4 is 32.8 Å². The molecule has 30 heavy (non-hydrogen) atoms. The van der Waals surface area contributed by atoms with Gasteiger partial charge in [0, 0.05) is 24.1 Å². The molecule has 1 aromatic heterocycles. The van der Waals surface area contributed by atoms with E-state index in [9.17, 15) is 27.3 Å². The summed E-state index contributed by atoms with van der Waals surface area (Å²) in [7, 11) is -1.32. The second-order valence-electron chi connectivity index (χ2n) is 6.85. The van der Waals surface area contributed by atoms with Crippen LogP contribution in [-0.2, 0) is 16.8 Å². The van der Waals surface area contributed by atoms with Gasteiger partial charge in [-0.2, -0.15) is 22.6 Å². The molecule has 0 unspecified atom stereocenters. The Bertz CT molecular complexity index is 1080. The number of halogens is 4. The molecule has 2 heterocycles. The third-order valence-corrected chi connectivity index (χ3v) is 7.30. The van der Waals surface area contributed by atoms with E-state index < -0.39 is 34.2 Å². The van der Waals surface area contributed by atoms with Crippen LogP contribution in [0.15, 0.2) is 22.7 Å². The number of aromatic hydroxyl groups is 1. The van der Waals surface area contributed by atoms with Gasteiger partial charge >= 0.3 is 6.18 Å². The first-order chi connectivity index (χ1) is 14.0. The van der Waals surface area contributed by atoms with Crippen molar-refractivity contribution in [3.8, 4) is 11.6 Å². The van der Waals surface area contributed by atoms with Crippen molar-refractivity contribution in [2.75, 3.05) is 18.1 Å². The fourth-order valence-corrected chi connectivity index (χ4v) is 5.56. The van der Waals surface area contributed by atoms with Crippen molar-refractivity contribution in [3.05, 3.63) is 34.5 Å². The van der Waals surface area contributed by atoms with Crippen LogP contribution in [0, 0.1) is 0 Å². The van der Waals surface area contributed by atoms with Gasteiger partial charge in [-0.15, -0.1) is 0 Å². The minimum absolute atomic E-state index is 0.128. The Morgan fingerprint density at radius 2 is 1.97 bits per heavy atom. The fourth-order valence-electron chi connectivity index (χ4n) is 3.01. The van der Waals surface area contributed by atoms with Crippen LogP contribution >= 0.6 is 11.6 Å². The van der Waals surface area contributed by atoms with Crippen LogP contribution in [0.25, 0.3) is 0 Å². The number of nitrogens with zero attached hydrogens (tertiary/aromatic N) is 3. The van der Waals surface area contributed by atoms with E-state index in [2.05, 4.69) is 9.46 Å². The van der Waals surface area contributed by atoms with E-state index in [1.165, 1.54) is 13.1 Å². The highest BCUT2D eigenvalue weighted by atomic mass is 35.5. The van der Waals surface area contributed by atoms with Gasteiger partial charge in [0.05, 0.1) is 20.9 Å². The predicted octanol–water partition coefficient (Wildman–Crippen LogP) is 4.23. The molecule has 0 aliphatic carbocycles. The monoisotopic (exact) mass is 465 g/mol. The molecule has 0 atom stereocenters. The van der Waals surface area contributed by atoms with Gasteiger partial charge in [0.25, 0.3) is 0 Å². The van der Waals surface area contributed by atoms with Crippen molar-refractivity contribution in [2.45, 2.75) is 25.4 Å². The molecule has 1 aliphatic heterocycles. The van der Waals surface area contributed by atoms with E-state index in [0.29, 0.717) is 12.8 Å². The second kappa shape index (κ2) is 8.46. The molecule has 12 heteroatoms. The first-order valence-electron chi connectivity index (χ1n) is 9.01. The lowest BCUT2D eigenvalue weighted by atomic mass is 10.0. The minimum Gasteiger partial charge on any atom is -0.493 e. The Morgan fingerprint density at radius 1 is 1.30 bits per heavy atom. The van der Waals surface area contributed by atoms with Gasteiger partial charge in [0.1, 0.15) is 17.0 Å². The highest BCUT2D eigenvalue weighted by Crippen LogP contribution is 2.41. The van der Waals surface area contributed by atoms with Crippen LogP contribution < -0.4 is 4.74 Å². The molecule has 164 valence electrons. The van der Waals surface area contributed by atoms with Crippen molar-refractivity contribution in [1.82, 2.24) is 9.78 Å². The largest absolute Gasteiger partial charge is 0.493 e. The summed E-state index contributed by atoms with van der Waals surface area (Å²) in [5, 5.41) is 13.5. The van der Waals surface area contributed by atoms with E-state index in [-0.39, 0.29) is 39.1 Å². The number of carbonyl (C=O) groups is 1. The van der Waals surface area contributed by atoms with Crippen LogP contribution in [0.2, 0.25) is 5.02 Å². The SMILES string of the molecule is Cn1ncc(C(=O)c2ccc(OCC(F)(F)F)c(N=S3(=O)CCCCC3)c2Cl)c1O. The summed E-state index contributed by atoms with van der Waals surface area (Å²) in [5.74, 6) is -0.863. The number of benzene rings is 1. The summed E-state index contributed by atoms with van der Waals surface area (Å²) in [6.45, 7) is -1.59. The maximum absolute atomic E-state index is 13.0. The average Bonchev–Trinajstić information content (AvgIpc) is 3.00. The molecular formula is C18H19ClF3N3O4S. The number of ketones is 1. The van der Waals surface area contributed by atoms with Gasteiger partial charge in [-0.3, -0.25) is 4.79 Å². The number of carbonyl (C=O) groups excluding carboxylic acids is 1. The molecule has 3 rings (SSSR count). The van der Waals surface area contributed by atoms with Crippen molar-refractivity contribution < 1.29 is 32.0 Å². The Labute approximate surface area is 176 Å². The third-order valence-electron chi connectivity index (χ3n) is 4.55. The standard InChI is InChI=1S/C18H19ClF3N3O4S/c1-25-17(27)12(9-23-25)16(26)11-5-6-13(29-10-18(20,21)22)15(14(11)19)24-30(28)7-3-2-4-8-30/h5-6,9,27H,2-4,7-8,10H2,1H3. The molecule has 0 amide bonds. The third kappa shape index (κ3) is 4.89. The van der Waals surface area contributed by atoms with E-state index in [0.717, 1.165) is 23.4 Å². The Kier molecular flexibility index (Phi) is 6.32. The van der Waals surface area contributed by atoms with E-state index in [1.54, 1.807) is 0 Å². The van der Waals surface area contributed by atoms with E-state index >= 15 is 0 Å². The molecule has 1 saturated heterocycles. The molecule has 1 aliphatic rings. The van der Waals surface area contributed by atoms with Crippen LogP contribution in [-0.4, -0.2) is 49.2 Å². The number of aryl methyl sites for hydroxylation is 1. The molecule has 1 aromatic carbocycles. The zero-order valence-electron chi connectivity index (χ0n) is 15.9. The lowest BCUT2D eigenvalue weighted by Gasteiger charge is -2.18. The Morgan fingerprint density at radius 3 is 2.53 bits per heavy atom. The van der Waals surface area contributed by atoms with Gasteiger partial charge in [-0.25, -0.2) is 8.89 Å².